The summed E-state index contributed by atoms with van der Waals surface area (Å²) in [6, 6.07) is 9.50. The van der Waals surface area contributed by atoms with E-state index >= 15 is 0 Å². The van der Waals surface area contributed by atoms with Crippen molar-refractivity contribution in [3.05, 3.63) is 60.2 Å². The number of anilines is 2. The summed E-state index contributed by atoms with van der Waals surface area (Å²) in [6.45, 7) is 14.1. The van der Waals surface area contributed by atoms with Crippen molar-refractivity contribution in [3.63, 3.8) is 0 Å². The van der Waals surface area contributed by atoms with Crippen molar-refractivity contribution >= 4 is 52.2 Å². The van der Waals surface area contributed by atoms with Gasteiger partial charge in [-0.05, 0) is 74.5 Å². The van der Waals surface area contributed by atoms with Crippen molar-refractivity contribution in [2.24, 2.45) is 35.3 Å². The number of ether oxygens (including phenoxy) is 2. The fourth-order valence-electron chi connectivity index (χ4n) is 9.70. The third kappa shape index (κ3) is 14.8. The number of hydrogen-bond acceptors (Lipinski definition) is 11. The number of carbonyl (C=O) groups excluding carboxylic acids is 5. The molecule has 1 aliphatic heterocycles. The molecule has 382 valence electrons. The van der Waals surface area contributed by atoms with Crippen LogP contribution in [0.5, 0.6) is 0 Å². The second-order valence-corrected chi connectivity index (χ2v) is 19.5. The lowest BCUT2D eigenvalue weighted by Crippen LogP contribution is -2.59. The van der Waals surface area contributed by atoms with Crippen LogP contribution in [0.15, 0.2) is 54.6 Å². The number of amides is 5. The van der Waals surface area contributed by atoms with E-state index in [1.54, 1.807) is 59.4 Å². The molecule has 20 heteroatoms. The maximum atomic E-state index is 14.6. The van der Waals surface area contributed by atoms with Crippen LogP contribution in [0, 0.1) is 29.6 Å². The standard InChI is InChI=1S/C48H74F3N7O9S/c1-13-30(6)42(56(10)46(62)39(28(2)3)40(52)41(29(4)5)55(8)9)37(66-11)27-38(59)57-25-17-20-36(57)43(67-12)31(7)44(60)54-35(26-32-18-15-14-16-19-32)45(61)58(68(64)65)34-23-21-33(22-24-34)53-47(63)48(49,50)51/h14-16,18-19,21-24,28-31,35-37,39-43H,13,17,20,25-27,52H2,1-12H3,(H,53,63)(H,54,60)(H,64,65)/p-1/t30-,31+,35-,36-,37+,39-,40?,41-,42-,43+/m0/s1. The molecule has 1 fully saturated rings. The van der Waals surface area contributed by atoms with Crippen molar-refractivity contribution in [2.75, 3.05) is 51.5 Å². The van der Waals surface area contributed by atoms with Gasteiger partial charge in [0.25, 0.3) is 5.91 Å². The van der Waals surface area contributed by atoms with Crippen LogP contribution in [-0.2, 0) is 51.1 Å². The van der Waals surface area contributed by atoms with Gasteiger partial charge in [-0.25, -0.2) is 4.31 Å². The Morgan fingerprint density at radius 1 is 0.897 bits per heavy atom. The van der Waals surface area contributed by atoms with Gasteiger partial charge in [0.15, 0.2) is 0 Å². The lowest BCUT2D eigenvalue weighted by atomic mass is 9.79. The predicted molar refractivity (Wildman–Crippen MR) is 254 cm³/mol. The highest BCUT2D eigenvalue weighted by atomic mass is 32.2. The lowest BCUT2D eigenvalue weighted by Gasteiger charge is -2.43. The number of alkyl halides is 3. The van der Waals surface area contributed by atoms with E-state index in [0.717, 1.165) is 24.3 Å². The number of nitrogens with two attached hydrogens (primary N) is 1. The van der Waals surface area contributed by atoms with Gasteiger partial charge >= 0.3 is 12.1 Å². The summed E-state index contributed by atoms with van der Waals surface area (Å²) >= 11 is -3.27. The molecule has 1 saturated heterocycles. The number of carbonyl (C=O) groups is 5. The van der Waals surface area contributed by atoms with Crippen LogP contribution in [-0.4, -0.2) is 143 Å². The van der Waals surface area contributed by atoms with E-state index in [9.17, 15) is 45.9 Å². The molecule has 68 heavy (non-hydrogen) atoms. The molecule has 2 unspecified atom stereocenters. The number of likely N-dealkylation sites (tertiary alicyclic amines) is 1. The predicted octanol–water partition coefficient (Wildman–Crippen LogP) is 5.15. The maximum absolute atomic E-state index is 14.6. The van der Waals surface area contributed by atoms with E-state index in [0.29, 0.717) is 35.7 Å². The Hall–Kier alpha value is -4.47. The first-order valence-corrected chi connectivity index (χ1v) is 24.1. The summed E-state index contributed by atoms with van der Waals surface area (Å²) in [5, 5.41) is 4.37. The van der Waals surface area contributed by atoms with Crippen molar-refractivity contribution in [1.29, 1.82) is 0 Å². The smallest absolute Gasteiger partial charge is 0.471 e. The van der Waals surface area contributed by atoms with Gasteiger partial charge in [-0.15, -0.1) is 0 Å². The largest absolute Gasteiger partial charge is 0.755 e. The van der Waals surface area contributed by atoms with Crippen molar-refractivity contribution in [1.82, 2.24) is 20.0 Å². The molecule has 0 saturated carbocycles. The van der Waals surface area contributed by atoms with E-state index in [4.69, 9.17) is 15.2 Å². The first-order chi connectivity index (χ1) is 31.8. The van der Waals surface area contributed by atoms with Crippen LogP contribution in [0.2, 0.25) is 0 Å². The highest BCUT2D eigenvalue weighted by molar-refractivity contribution is 7.81. The van der Waals surface area contributed by atoms with Crippen LogP contribution < -0.4 is 20.7 Å². The van der Waals surface area contributed by atoms with E-state index in [1.807, 2.05) is 41.8 Å². The highest BCUT2D eigenvalue weighted by Crippen LogP contribution is 2.32. The molecule has 4 N–H and O–H groups in total. The number of rotatable bonds is 24. The summed E-state index contributed by atoms with van der Waals surface area (Å²) in [5.41, 5.74) is 6.94. The molecular formula is C48H73F3N7O9S-. The molecule has 0 radical (unpaired) electrons. The fourth-order valence-corrected chi connectivity index (χ4v) is 10.3. The van der Waals surface area contributed by atoms with Gasteiger partial charge in [0.05, 0.1) is 59.5 Å². The summed E-state index contributed by atoms with van der Waals surface area (Å²) in [4.78, 5) is 74.4. The van der Waals surface area contributed by atoms with Crippen LogP contribution >= 0.6 is 0 Å². The van der Waals surface area contributed by atoms with E-state index in [-0.39, 0.29) is 59.8 Å². The van der Waals surface area contributed by atoms with Gasteiger partial charge in [-0.2, -0.15) is 13.2 Å². The molecule has 0 spiro atoms. The van der Waals surface area contributed by atoms with Crippen molar-refractivity contribution in [2.45, 2.75) is 129 Å². The van der Waals surface area contributed by atoms with Gasteiger partial charge in [0.1, 0.15) is 6.04 Å². The van der Waals surface area contributed by atoms with Crippen LogP contribution in [0.25, 0.3) is 0 Å². The molecule has 2 aromatic carbocycles. The minimum Gasteiger partial charge on any atom is -0.755 e. The Morgan fingerprint density at radius 2 is 1.50 bits per heavy atom. The Morgan fingerprint density at radius 3 is 1.99 bits per heavy atom. The van der Waals surface area contributed by atoms with Gasteiger partial charge in [-0.3, -0.25) is 28.2 Å². The first-order valence-electron chi connectivity index (χ1n) is 23.1. The summed E-state index contributed by atoms with van der Waals surface area (Å²) in [5.74, 6) is -5.86. The number of benzene rings is 2. The van der Waals surface area contributed by atoms with Crippen LogP contribution in [0.1, 0.15) is 79.7 Å². The first kappa shape index (κ1) is 57.8. The molecule has 16 nitrogen and oxygen atoms in total. The Kier molecular flexibility index (Phi) is 22.1. The number of methoxy groups -OCH3 is 2. The third-order valence-electron chi connectivity index (χ3n) is 13.2. The summed E-state index contributed by atoms with van der Waals surface area (Å²) in [6.07, 6.45) is -5.21. The number of halogens is 3. The molecule has 2 aromatic rings. The van der Waals surface area contributed by atoms with Gasteiger partial charge in [0.2, 0.25) is 17.7 Å². The minimum absolute atomic E-state index is 0.0689. The third-order valence-corrected chi connectivity index (χ3v) is 13.9. The number of likely N-dealkylation sites (N-methyl/N-ethyl adjacent to an activating group) is 2. The van der Waals surface area contributed by atoms with Crippen molar-refractivity contribution < 1.29 is 55.4 Å². The normalized spacial score (nSPS) is 18.8. The SMILES string of the molecule is CC[C@H](C)[C@@H]([C@@H](CC(=O)N1CCC[C@H]1[C@H](OC)[C@@H](C)C(=O)N[C@@H](Cc1ccccc1)C(=O)N(c1ccc(NC(=O)C(F)(F)F)cc1)S(=O)[O-])OC)N(C)C(=O)[C@@H](C(C)C)C(N)[C@H](C(C)C)N(C)C. The molecule has 1 heterocycles. The summed E-state index contributed by atoms with van der Waals surface area (Å²) < 4.78 is 76.2. The Balaban J connectivity index is 1.90. The zero-order chi connectivity index (χ0) is 51.4. The number of nitrogens with one attached hydrogen (secondary N) is 2. The van der Waals surface area contributed by atoms with Crippen molar-refractivity contribution in [3.8, 4) is 0 Å². The number of hydrogen-bond donors (Lipinski definition) is 3. The van der Waals surface area contributed by atoms with Gasteiger partial charge in [0, 0.05) is 52.0 Å². The number of nitrogens with zero attached hydrogens (tertiary/aromatic N) is 4. The zero-order valence-corrected chi connectivity index (χ0v) is 42.3. The van der Waals surface area contributed by atoms with E-state index in [1.165, 1.54) is 14.2 Å². The minimum atomic E-state index is -5.18. The molecule has 1 aliphatic rings. The Labute approximate surface area is 402 Å². The highest BCUT2D eigenvalue weighted by Gasteiger charge is 2.45. The second-order valence-electron chi connectivity index (χ2n) is 18.7. The molecular weight excluding hydrogens is 908 g/mol. The summed E-state index contributed by atoms with van der Waals surface area (Å²) in [7, 11) is 8.61. The van der Waals surface area contributed by atoms with E-state index < -0.39 is 83.4 Å². The van der Waals surface area contributed by atoms with Gasteiger partial charge in [-0.1, -0.05) is 85.2 Å². The molecule has 5 amide bonds. The fraction of sp³-hybridized carbons (Fsp3) is 0.646. The molecule has 0 aliphatic carbocycles. The monoisotopic (exact) mass is 981 g/mol. The van der Waals surface area contributed by atoms with E-state index in [2.05, 4.69) is 24.1 Å². The second kappa shape index (κ2) is 25.9. The molecule has 11 atom stereocenters. The Bertz CT molecular complexity index is 1990. The average molecular weight is 981 g/mol. The molecule has 3 rings (SSSR count). The molecule has 0 aromatic heterocycles. The zero-order valence-electron chi connectivity index (χ0n) is 41.4. The average Bonchev–Trinajstić information content (AvgIpc) is 3.75. The van der Waals surface area contributed by atoms with Crippen LogP contribution in [0.3, 0.4) is 0 Å². The molecule has 0 bridgehead atoms. The maximum Gasteiger partial charge on any atom is 0.471 e. The lowest BCUT2D eigenvalue weighted by molar-refractivity contribution is -0.167. The quantitative estimate of drug-likeness (QED) is 0.117. The topological polar surface area (TPSA) is 207 Å². The van der Waals surface area contributed by atoms with Crippen LogP contribution in [0.4, 0.5) is 24.5 Å². The van der Waals surface area contributed by atoms with Gasteiger partial charge < -0.3 is 45.1 Å².